The number of amides is 1. The van der Waals surface area contributed by atoms with Crippen LogP contribution in [0.2, 0.25) is 0 Å². The van der Waals surface area contributed by atoms with E-state index in [1.165, 1.54) is 19.2 Å². The molecule has 90 valence electrons. The van der Waals surface area contributed by atoms with Crippen molar-refractivity contribution in [1.82, 2.24) is 0 Å². The highest BCUT2D eigenvalue weighted by Crippen LogP contribution is 2.07. The van der Waals surface area contributed by atoms with Gasteiger partial charge in [-0.25, -0.2) is 9.59 Å². The number of anilines is 1. The van der Waals surface area contributed by atoms with Gasteiger partial charge in [0.05, 0.1) is 18.7 Å². The molecule has 0 radical (unpaired) electrons. The molecule has 0 aliphatic rings. The van der Waals surface area contributed by atoms with E-state index < -0.39 is 11.5 Å². The Kier molecular flexibility index (Phi) is 6.90. The summed E-state index contributed by atoms with van der Waals surface area (Å²) in [5, 5.41) is 18.9. The van der Waals surface area contributed by atoms with E-state index in [4.69, 9.17) is 10.4 Å². The lowest BCUT2D eigenvalue weighted by atomic mass is 10.2. The maximum Gasteiger partial charge on any atom is 0.409 e. The zero-order chi connectivity index (χ0) is 13.3. The molecule has 0 fully saturated rings. The lowest BCUT2D eigenvalue weighted by Gasteiger charge is -1.98. The molecule has 1 aromatic carbocycles. The van der Waals surface area contributed by atoms with Gasteiger partial charge >= 0.3 is 11.5 Å². The maximum absolute atomic E-state index is 10.1. The van der Waals surface area contributed by atoms with Crippen LogP contribution in [0.15, 0.2) is 24.3 Å². The van der Waals surface area contributed by atoms with Crippen LogP contribution in [0.3, 0.4) is 0 Å². The number of nitrogens with one attached hydrogen (secondary N) is 1. The second kappa shape index (κ2) is 7.96. The fourth-order valence-electron chi connectivity index (χ4n) is 0.752. The highest BCUT2D eigenvalue weighted by Gasteiger charge is 1.96. The maximum atomic E-state index is 10.1. The number of nitriles is 1. The number of halogens is 1. The molecule has 1 aromatic rings. The zero-order valence-corrected chi connectivity index (χ0v) is 9.56. The van der Waals surface area contributed by atoms with Gasteiger partial charge in [0.1, 0.15) is 0 Å². The first-order valence-electron chi connectivity index (χ1n) is 4.23. The predicted octanol–water partition coefficient (Wildman–Crippen LogP) is 2.64. The number of benzene rings is 1. The molecule has 0 aromatic heterocycles. The number of hydrogen-bond acceptors (Lipinski definition) is 4. The van der Waals surface area contributed by atoms with Gasteiger partial charge in [0.15, 0.2) is 0 Å². The largest absolute Gasteiger partial charge is 0.465 e. The van der Waals surface area contributed by atoms with Crippen molar-refractivity contribution in [2.45, 2.75) is 0 Å². The highest BCUT2D eigenvalue weighted by atomic mass is 35.5. The number of methoxy groups -OCH3 is 1. The van der Waals surface area contributed by atoms with Gasteiger partial charge in [-0.3, -0.25) is 5.32 Å². The lowest BCUT2D eigenvalue weighted by molar-refractivity contribution is 0.198. The van der Waals surface area contributed by atoms with E-state index in [1.807, 2.05) is 6.07 Å². The van der Waals surface area contributed by atoms with E-state index in [2.05, 4.69) is 21.7 Å². The molecular weight excluding hydrogens is 248 g/mol. The minimum atomic E-state index is -1.11. The summed E-state index contributed by atoms with van der Waals surface area (Å²) in [5.74, 6) is 0. The zero-order valence-electron chi connectivity index (χ0n) is 8.81. The minimum Gasteiger partial charge on any atom is -0.465 e. The lowest BCUT2D eigenvalue weighted by Crippen LogP contribution is -2.06. The second-order valence-corrected chi connectivity index (χ2v) is 2.87. The van der Waals surface area contributed by atoms with Gasteiger partial charge in [0.25, 0.3) is 0 Å². The third kappa shape index (κ3) is 7.64. The van der Waals surface area contributed by atoms with Crippen LogP contribution < -0.4 is 5.32 Å². The van der Waals surface area contributed by atoms with Gasteiger partial charge in [-0.2, -0.15) is 5.26 Å². The minimum absolute atomic E-state index is 0.460. The quantitative estimate of drug-likeness (QED) is 0.753. The Bertz CT molecular complexity index is 425. The Balaban J connectivity index is 0.000000437. The molecule has 17 heavy (non-hydrogen) atoms. The van der Waals surface area contributed by atoms with Crippen molar-refractivity contribution in [1.29, 1.82) is 5.26 Å². The summed E-state index contributed by atoms with van der Waals surface area (Å²) in [4.78, 5) is 19.5. The Hall–Kier alpha value is -2.26. The molecule has 1 rings (SSSR count). The second-order valence-electron chi connectivity index (χ2n) is 2.56. The van der Waals surface area contributed by atoms with Crippen molar-refractivity contribution in [3.8, 4) is 6.07 Å². The summed E-state index contributed by atoms with van der Waals surface area (Å²) in [6.45, 7) is 0. The van der Waals surface area contributed by atoms with Crippen LogP contribution in [0.25, 0.3) is 0 Å². The number of carbonyl (C=O) groups is 2. The Morgan fingerprint density at radius 1 is 1.41 bits per heavy atom. The first-order valence-corrected chi connectivity index (χ1v) is 4.61. The molecule has 0 saturated carbocycles. The molecule has 0 bridgehead atoms. The molecule has 0 aliphatic carbocycles. The molecule has 1 amide bonds. The van der Waals surface area contributed by atoms with Crippen LogP contribution >= 0.6 is 11.6 Å². The average molecular weight is 257 g/mol. The molecule has 7 heteroatoms. The van der Waals surface area contributed by atoms with Crippen molar-refractivity contribution in [2.75, 3.05) is 12.4 Å². The van der Waals surface area contributed by atoms with Crippen LogP contribution in [0.1, 0.15) is 5.56 Å². The monoisotopic (exact) mass is 256 g/mol. The number of carbonyl (C=O) groups excluding carboxylic acids is 1. The van der Waals surface area contributed by atoms with Crippen LogP contribution in [-0.4, -0.2) is 23.7 Å². The highest BCUT2D eigenvalue weighted by molar-refractivity contribution is 6.61. The van der Waals surface area contributed by atoms with Gasteiger partial charge in [-0.05, 0) is 24.3 Å². The van der Waals surface area contributed by atoms with Crippen LogP contribution in [0.4, 0.5) is 15.3 Å². The molecule has 0 aliphatic heterocycles. The van der Waals surface area contributed by atoms with Gasteiger partial charge in [0.2, 0.25) is 0 Å². The van der Waals surface area contributed by atoms with E-state index in [-0.39, 0.29) is 0 Å². The Labute approximate surface area is 102 Å². The third-order valence-electron chi connectivity index (χ3n) is 1.43. The van der Waals surface area contributed by atoms with E-state index in [0.29, 0.717) is 11.3 Å². The molecule has 0 spiro atoms. The summed E-state index contributed by atoms with van der Waals surface area (Å²) in [6.07, 6.45) is -1.11. The number of carboxylic acid groups (broad SMARTS) is 1. The molecule has 2 N–H and O–H groups in total. The topological polar surface area (TPSA) is 99.4 Å². The van der Waals surface area contributed by atoms with Crippen molar-refractivity contribution < 1.29 is 19.4 Å². The Morgan fingerprint density at radius 2 is 1.88 bits per heavy atom. The molecule has 0 saturated heterocycles. The molecule has 0 heterocycles. The number of hydrogen-bond donors (Lipinski definition) is 2. The van der Waals surface area contributed by atoms with Crippen molar-refractivity contribution in [3.63, 3.8) is 0 Å². The first-order chi connectivity index (χ1) is 7.99. The predicted molar refractivity (Wildman–Crippen MR) is 61.1 cm³/mol. The summed E-state index contributed by atoms with van der Waals surface area (Å²) >= 11 is 4.60. The fourth-order valence-corrected chi connectivity index (χ4v) is 0.752. The number of nitrogens with zero attached hydrogens (tertiary/aromatic N) is 1. The van der Waals surface area contributed by atoms with Crippen molar-refractivity contribution in [2.24, 2.45) is 0 Å². The van der Waals surface area contributed by atoms with E-state index in [0.717, 1.165) is 0 Å². The van der Waals surface area contributed by atoms with Gasteiger partial charge in [-0.1, -0.05) is 0 Å². The van der Waals surface area contributed by atoms with Crippen LogP contribution in [0.5, 0.6) is 0 Å². The average Bonchev–Trinajstić information content (AvgIpc) is 2.30. The number of ether oxygens (including phenoxy) is 1. The third-order valence-corrected chi connectivity index (χ3v) is 1.58. The van der Waals surface area contributed by atoms with E-state index in [1.54, 1.807) is 12.1 Å². The summed E-state index contributed by atoms with van der Waals surface area (Å²) in [7, 11) is 1.22. The van der Waals surface area contributed by atoms with Crippen LogP contribution in [0, 0.1) is 11.3 Å². The molecule has 0 atom stereocenters. The van der Waals surface area contributed by atoms with Gasteiger partial charge in [-0.15, -0.1) is 0 Å². The van der Waals surface area contributed by atoms with Crippen molar-refractivity contribution >= 4 is 28.8 Å². The van der Waals surface area contributed by atoms with Crippen molar-refractivity contribution in [3.05, 3.63) is 29.8 Å². The first kappa shape index (κ1) is 14.7. The van der Waals surface area contributed by atoms with E-state index >= 15 is 0 Å². The smallest absolute Gasteiger partial charge is 0.409 e. The fraction of sp³-hybridized carbons (Fsp3) is 0.100. The SMILES string of the molecule is COC(=O)Cl.N#Cc1ccc(NC(=O)O)cc1. The van der Waals surface area contributed by atoms with E-state index in [9.17, 15) is 9.59 Å². The summed E-state index contributed by atoms with van der Waals surface area (Å²) in [6, 6.07) is 8.09. The molecule has 6 nitrogen and oxygen atoms in total. The van der Waals surface area contributed by atoms with Gasteiger partial charge in [0, 0.05) is 17.3 Å². The Morgan fingerprint density at radius 3 is 2.18 bits per heavy atom. The number of rotatable bonds is 1. The normalized spacial score (nSPS) is 8.06. The summed E-state index contributed by atoms with van der Waals surface area (Å²) in [5.41, 5.74) is 0.192. The standard InChI is InChI=1S/C8H6N2O2.C2H3ClO2/c9-5-6-1-3-7(4-2-6)10-8(11)12;1-5-2(3)4/h1-4,10H,(H,11,12);1H3. The van der Waals surface area contributed by atoms with Crippen LogP contribution in [-0.2, 0) is 4.74 Å². The molecule has 0 unspecified atom stereocenters. The summed E-state index contributed by atoms with van der Waals surface area (Å²) < 4.78 is 3.88. The molecular formula is C10H9ClN2O4. The van der Waals surface area contributed by atoms with Gasteiger partial charge < -0.3 is 9.84 Å².